The molecular formula is C13H16N4OS. The average molecular weight is 276 g/mol. The number of imidazole rings is 1. The van der Waals surface area contributed by atoms with E-state index in [-0.39, 0.29) is 11.9 Å². The molecule has 2 aromatic rings. The van der Waals surface area contributed by atoms with Crippen LogP contribution in [0.5, 0.6) is 0 Å². The van der Waals surface area contributed by atoms with E-state index in [9.17, 15) is 4.79 Å². The minimum Gasteiger partial charge on any atom is -0.341 e. The fourth-order valence-electron chi connectivity index (χ4n) is 2.57. The summed E-state index contributed by atoms with van der Waals surface area (Å²) in [7, 11) is 0. The van der Waals surface area contributed by atoms with Crippen molar-refractivity contribution in [2.75, 3.05) is 13.1 Å². The molecule has 0 radical (unpaired) electrons. The number of carbonyl (C=O) groups excluding carboxylic acids is 1. The molecule has 0 aromatic carbocycles. The molecule has 19 heavy (non-hydrogen) atoms. The lowest BCUT2D eigenvalue weighted by Crippen LogP contribution is -2.26. The van der Waals surface area contributed by atoms with Gasteiger partial charge in [-0.3, -0.25) is 4.79 Å². The van der Waals surface area contributed by atoms with Crippen molar-refractivity contribution in [3.05, 3.63) is 24.0 Å². The third kappa shape index (κ3) is 2.28. The SMILES string of the molecule is CCCN1CC(n2ccnc2-c2cnsc2)CC1=O. The summed E-state index contributed by atoms with van der Waals surface area (Å²) in [6.45, 7) is 3.73. The van der Waals surface area contributed by atoms with E-state index in [1.165, 1.54) is 11.5 Å². The maximum atomic E-state index is 11.9. The highest BCUT2D eigenvalue weighted by Crippen LogP contribution is 2.28. The second kappa shape index (κ2) is 5.13. The highest BCUT2D eigenvalue weighted by molar-refractivity contribution is 7.03. The zero-order chi connectivity index (χ0) is 13.2. The molecule has 0 saturated carbocycles. The Morgan fingerprint density at radius 3 is 3.16 bits per heavy atom. The van der Waals surface area contributed by atoms with Crippen LogP contribution in [0.25, 0.3) is 11.4 Å². The van der Waals surface area contributed by atoms with Crippen LogP contribution in [0.1, 0.15) is 25.8 Å². The normalized spacial score (nSPS) is 19.3. The molecule has 1 saturated heterocycles. The fourth-order valence-corrected chi connectivity index (χ4v) is 3.09. The zero-order valence-electron chi connectivity index (χ0n) is 10.8. The van der Waals surface area contributed by atoms with Gasteiger partial charge in [-0.2, -0.15) is 0 Å². The number of rotatable bonds is 4. The van der Waals surface area contributed by atoms with Crippen LogP contribution in [0.4, 0.5) is 0 Å². The van der Waals surface area contributed by atoms with Gasteiger partial charge in [-0.05, 0) is 18.0 Å². The predicted octanol–water partition coefficient (Wildman–Crippen LogP) is 2.19. The van der Waals surface area contributed by atoms with Crippen molar-refractivity contribution in [3.8, 4) is 11.4 Å². The van der Waals surface area contributed by atoms with Gasteiger partial charge >= 0.3 is 0 Å². The number of hydrogen-bond acceptors (Lipinski definition) is 4. The number of likely N-dealkylation sites (tertiary alicyclic amines) is 1. The van der Waals surface area contributed by atoms with Crippen molar-refractivity contribution >= 4 is 17.4 Å². The molecule has 1 aliphatic heterocycles. The molecule has 1 unspecified atom stereocenters. The molecule has 100 valence electrons. The van der Waals surface area contributed by atoms with Crippen molar-refractivity contribution in [1.29, 1.82) is 0 Å². The van der Waals surface area contributed by atoms with E-state index in [0.717, 1.165) is 30.9 Å². The standard InChI is InChI=1S/C13H16N4OS/c1-2-4-16-8-11(6-12(16)18)17-5-3-14-13(17)10-7-15-19-9-10/h3,5,7,9,11H,2,4,6,8H2,1H3. The first-order valence-electron chi connectivity index (χ1n) is 6.50. The summed E-state index contributed by atoms with van der Waals surface area (Å²) in [5, 5.41) is 1.99. The van der Waals surface area contributed by atoms with Crippen LogP contribution in [0.15, 0.2) is 24.0 Å². The van der Waals surface area contributed by atoms with Gasteiger partial charge in [0, 0.05) is 42.8 Å². The van der Waals surface area contributed by atoms with E-state index in [0.29, 0.717) is 6.42 Å². The lowest BCUT2D eigenvalue weighted by Gasteiger charge is -2.17. The van der Waals surface area contributed by atoms with Crippen LogP contribution in [0.2, 0.25) is 0 Å². The zero-order valence-corrected chi connectivity index (χ0v) is 11.6. The summed E-state index contributed by atoms with van der Waals surface area (Å²) in [4.78, 5) is 18.3. The molecule has 1 aliphatic rings. The molecule has 1 amide bonds. The Morgan fingerprint density at radius 2 is 2.42 bits per heavy atom. The van der Waals surface area contributed by atoms with Gasteiger partial charge in [0.2, 0.25) is 5.91 Å². The van der Waals surface area contributed by atoms with Crippen molar-refractivity contribution in [2.45, 2.75) is 25.8 Å². The summed E-state index contributed by atoms with van der Waals surface area (Å²) in [5.74, 6) is 1.15. The van der Waals surface area contributed by atoms with E-state index in [1.807, 2.05) is 22.7 Å². The fraction of sp³-hybridized carbons (Fsp3) is 0.462. The van der Waals surface area contributed by atoms with Crippen LogP contribution in [0, 0.1) is 0 Å². The molecule has 1 atom stereocenters. The van der Waals surface area contributed by atoms with Gasteiger partial charge in [0.25, 0.3) is 0 Å². The first kappa shape index (κ1) is 12.3. The predicted molar refractivity (Wildman–Crippen MR) is 73.9 cm³/mol. The van der Waals surface area contributed by atoms with Gasteiger partial charge in [0.15, 0.2) is 0 Å². The van der Waals surface area contributed by atoms with E-state index in [4.69, 9.17) is 0 Å². The molecule has 3 rings (SSSR count). The highest BCUT2D eigenvalue weighted by Gasteiger charge is 2.31. The molecule has 1 fully saturated rings. The maximum Gasteiger partial charge on any atom is 0.224 e. The molecule has 2 aromatic heterocycles. The van der Waals surface area contributed by atoms with Gasteiger partial charge in [0.1, 0.15) is 5.82 Å². The Morgan fingerprint density at radius 1 is 1.53 bits per heavy atom. The molecule has 0 aliphatic carbocycles. The van der Waals surface area contributed by atoms with E-state index >= 15 is 0 Å². The minimum absolute atomic E-state index is 0.191. The molecular weight excluding hydrogens is 260 g/mol. The van der Waals surface area contributed by atoms with Gasteiger partial charge in [-0.15, -0.1) is 0 Å². The number of carbonyl (C=O) groups is 1. The molecule has 5 nitrogen and oxygen atoms in total. The van der Waals surface area contributed by atoms with E-state index < -0.39 is 0 Å². The minimum atomic E-state index is 0.191. The smallest absolute Gasteiger partial charge is 0.224 e. The molecule has 0 N–H and O–H groups in total. The first-order chi connectivity index (χ1) is 9.29. The van der Waals surface area contributed by atoms with Crippen molar-refractivity contribution in [3.63, 3.8) is 0 Å². The monoisotopic (exact) mass is 276 g/mol. The second-order valence-electron chi connectivity index (χ2n) is 4.77. The van der Waals surface area contributed by atoms with Gasteiger partial charge < -0.3 is 9.47 Å². The number of nitrogens with zero attached hydrogens (tertiary/aromatic N) is 4. The van der Waals surface area contributed by atoms with Crippen LogP contribution in [-0.2, 0) is 4.79 Å². The number of hydrogen-bond donors (Lipinski definition) is 0. The van der Waals surface area contributed by atoms with Crippen LogP contribution >= 0.6 is 11.5 Å². The van der Waals surface area contributed by atoms with Crippen molar-refractivity contribution in [1.82, 2.24) is 18.8 Å². The summed E-state index contributed by atoms with van der Waals surface area (Å²) in [6.07, 6.45) is 7.15. The van der Waals surface area contributed by atoms with Gasteiger partial charge in [-0.1, -0.05) is 6.92 Å². The second-order valence-corrected chi connectivity index (χ2v) is 5.43. The molecule has 0 bridgehead atoms. The first-order valence-corrected chi connectivity index (χ1v) is 7.33. The lowest BCUT2D eigenvalue weighted by molar-refractivity contribution is -0.127. The molecule has 6 heteroatoms. The Balaban J connectivity index is 1.85. The van der Waals surface area contributed by atoms with Crippen molar-refractivity contribution in [2.24, 2.45) is 0 Å². The van der Waals surface area contributed by atoms with E-state index in [1.54, 1.807) is 6.20 Å². The highest BCUT2D eigenvalue weighted by atomic mass is 32.1. The summed E-state index contributed by atoms with van der Waals surface area (Å²) >= 11 is 1.42. The Hall–Kier alpha value is -1.69. The topological polar surface area (TPSA) is 51.0 Å². The summed E-state index contributed by atoms with van der Waals surface area (Å²) in [5.41, 5.74) is 1.02. The Labute approximate surface area is 116 Å². The quantitative estimate of drug-likeness (QED) is 0.860. The Kier molecular flexibility index (Phi) is 3.33. The average Bonchev–Trinajstić information content (AvgIpc) is 3.09. The van der Waals surface area contributed by atoms with Crippen LogP contribution in [-0.4, -0.2) is 37.8 Å². The Bertz CT molecular complexity index is 563. The number of aromatic nitrogens is 3. The largest absolute Gasteiger partial charge is 0.341 e. The summed E-state index contributed by atoms with van der Waals surface area (Å²) < 4.78 is 6.22. The summed E-state index contributed by atoms with van der Waals surface area (Å²) in [6, 6.07) is 0.191. The molecule has 3 heterocycles. The van der Waals surface area contributed by atoms with E-state index in [2.05, 4.69) is 20.8 Å². The van der Waals surface area contributed by atoms with Crippen LogP contribution in [0.3, 0.4) is 0 Å². The van der Waals surface area contributed by atoms with Crippen LogP contribution < -0.4 is 0 Å². The van der Waals surface area contributed by atoms with Crippen molar-refractivity contribution < 1.29 is 4.79 Å². The lowest BCUT2D eigenvalue weighted by atomic mass is 10.2. The molecule has 0 spiro atoms. The van der Waals surface area contributed by atoms with Gasteiger partial charge in [-0.25, -0.2) is 9.36 Å². The third-order valence-corrected chi connectivity index (χ3v) is 4.03. The van der Waals surface area contributed by atoms with Gasteiger partial charge in [0.05, 0.1) is 12.2 Å². The third-order valence-electron chi connectivity index (χ3n) is 3.44. The maximum absolute atomic E-state index is 11.9. The number of amides is 1.